The smallest absolute Gasteiger partial charge is 0.291 e. The first-order valence-corrected chi connectivity index (χ1v) is 6.49. The van der Waals surface area contributed by atoms with Gasteiger partial charge in [0.1, 0.15) is 0 Å². The van der Waals surface area contributed by atoms with Crippen LogP contribution in [0.4, 0.5) is 5.95 Å². The number of aromatic amines is 1. The van der Waals surface area contributed by atoms with Gasteiger partial charge < -0.3 is 10.6 Å². The Hall–Kier alpha value is -2.37. The fraction of sp³-hybridized carbons (Fsp3) is 0.357. The number of rotatable bonds is 4. The second-order valence-corrected chi connectivity index (χ2v) is 5.10. The molecular weight excluding hydrogens is 254 g/mol. The third-order valence-electron chi connectivity index (χ3n) is 3.12. The molecule has 0 spiro atoms. The molecule has 106 valence electrons. The van der Waals surface area contributed by atoms with E-state index in [0.29, 0.717) is 12.5 Å². The van der Waals surface area contributed by atoms with Crippen LogP contribution in [0, 0.1) is 0 Å². The quantitative estimate of drug-likeness (QED) is 0.888. The first-order chi connectivity index (χ1) is 9.47. The van der Waals surface area contributed by atoms with Gasteiger partial charge in [0.2, 0.25) is 11.8 Å². The van der Waals surface area contributed by atoms with E-state index in [0.717, 1.165) is 5.56 Å². The summed E-state index contributed by atoms with van der Waals surface area (Å²) in [6, 6.07) is 8.25. The molecule has 6 nitrogen and oxygen atoms in total. The third kappa shape index (κ3) is 3.14. The van der Waals surface area contributed by atoms with Crippen molar-refractivity contribution in [3.63, 3.8) is 0 Å². The van der Waals surface area contributed by atoms with Gasteiger partial charge in [0, 0.05) is 13.6 Å². The topological polar surface area (TPSA) is 87.9 Å². The maximum absolute atomic E-state index is 12.1. The molecule has 0 aliphatic rings. The van der Waals surface area contributed by atoms with Crippen LogP contribution in [0.15, 0.2) is 24.3 Å². The molecule has 3 N–H and O–H groups in total. The molecule has 0 fully saturated rings. The lowest BCUT2D eigenvalue weighted by Gasteiger charge is -2.16. The molecule has 20 heavy (non-hydrogen) atoms. The summed E-state index contributed by atoms with van der Waals surface area (Å²) in [4.78, 5) is 17.5. The lowest BCUT2D eigenvalue weighted by molar-refractivity contribution is 0.0773. The Morgan fingerprint density at radius 3 is 2.50 bits per heavy atom. The molecule has 0 aliphatic carbocycles. The molecule has 1 aromatic carbocycles. The Labute approximate surface area is 118 Å². The standard InChI is InChI=1S/C14H19N5O/c1-9(2)11-6-4-10(5-7-11)8-19(3)13(20)12-16-14(15)18-17-12/h4-7,9H,8H2,1-3H3,(H3,15,16,17,18). The number of aromatic nitrogens is 3. The molecule has 0 aliphatic heterocycles. The molecule has 0 radical (unpaired) electrons. The average molecular weight is 273 g/mol. The van der Waals surface area contributed by atoms with Crippen molar-refractivity contribution in [1.82, 2.24) is 20.1 Å². The van der Waals surface area contributed by atoms with Gasteiger partial charge in [-0.15, -0.1) is 5.10 Å². The summed E-state index contributed by atoms with van der Waals surface area (Å²) in [6.07, 6.45) is 0. The predicted octanol–water partition coefficient (Wildman–Crippen LogP) is 1.78. The lowest BCUT2D eigenvalue weighted by atomic mass is 10.0. The van der Waals surface area contributed by atoms with Gasteiger partial charge in [-0.1, -0.05) is 38.1 Å². The van der Waals surface area contributed by atoms with E-state index in [2.05, 4.69) is 41.2 Å². The normalized spacial score (nSPS) is 10.8. The molecule has 2 rings (SSSR count). The number of nitrogens with zero attached hydrogens (tertiary/aromatic N) is 3. The first kappa shape index (κ1) is 14.0. The molecule has 6 heteroatoms. The Morgan fingerprint density at radius 1 is 1.35 bits per heavy atom. The van der Waals surface area contributed by atoms with E-state index in [4.69, 9.17) is 5.73 Å². The van der Waals surface area contributed by atoms with Crippen LogP contribution in [0.1, 0.15) is 41.5 Å². The van der Waals surface area contributed by atoms with Crippen molar-refractivity contribution in [2.45, 2.75) is 26.3 Å². The van der Waals surface area contributed by atoms with Crippen molar-refractivity contribution in [1.29, 1.82) is 0 Å². The Balaban J connectivity index is 2.03. The summed E-state index contributed by atoms with van der Waals surface area (Å²) in [5, 5.41) is 6.17. The Kier molecular flexibility index (Phi) is 4.02. The Morgan fingerprint density at radius 2 is 2.00 bits per heavy atom. The van der Waals surface area contributed by atoms with Crippen LogP contribution in [-0.2, 0) is 6.54 Å². The van der Waals surface area contributed by atoms with Crippen LogP contribution in [-0.4, -0.2) is 33.0 Å². The second kappa shape index (κ2) is 5.73. The number of nitrogens with two attached hydrogens (primary N) is 1. The van der Waals surface area contributed by atoms with Crippen LogP contribution in [0.2, 0.25) is 0 Å². The van der Waals surface area contributed by atoms with E-state index >= 15 is 0 Å². The highest BCUT2D eigenvalue weighted by atomic mass is 16.2. The minimum atomic E-state index is -0.234. The van der Waals surface area contributed by atoms with Crippen LogP contribution in [0.25, 0.3) is 0 Å². The van der Waals surface area contributed by atoms with Gasteiger partial charge in [0.15, 0.2) is 0 Å². The highest BCUT2D eigenvalue weighted by Gasteiger charge is 2.16. The number of hydrogen-bond acceptors (Lipinski definition) is 4. The number of benzene rings is 1. The van der Waals surface area contributed by atoms with E-state index in [1.54, 1.807) is 11.9 Å². The minimum absolute atomic E-state index is 0.0723. The minimum Gasteiger partial charge on any atom is -0.366 e. The number of hydrogen-bond donors (Lipinski definition) is 2. The molecule has 0 saturated carbocycles. The maximum Gasteiger partial charge on any atom is 0.291 e. The largest absolute Gasteiger partial charge is 0.366 e. The summed E-state index contributed by atoms with van der Waals surface area (Å²) in [5.41, 5.74) is 7.74. The maximum atomic E-state index is 12.1. The summed E-state index contributed by atoms with van der Waals surface area (Å²) >= 11 is 0. The van der Waals surface area contributed by atoms with Gasteiger partial charge in [0.25, 0.3) is 5.91 Å². The Bertz CT molecular complexity index is 588. The van der Waals surface area contributed by atoms with Crippen molar-refractivity contribution in [2.75, 3.05) is 12.8 Å². The number of anilines is 1. The van der Waals surface area contributed by atoms with E-state index in [9.17, 15) is 4.79 Å². The number of carbonyl (C=O) groups excluding carboxylic acids is 1. The zero-order valence-electron chi connectivity index (χ0n) is 11.9. The van der Waals surface area contributed by atoms with Gasteiger partial charge in [-0.3, -0.25) is 9.89 Å². The number of nitrogens with one attached hydrogen (secondary N) is 1. The second-order valence-electron chi connectivity index (χ2n) is 5.10. The van der Waals surface area contributed by atoms with Crippen LogP contribution >= 0.6 is 0 Å². The summed E-state index contributed by atoms with van der Waals surface area (Å²) in [5.74, 6) is 0.495. The summed E-state index contributed by atoms with van der Waals surface area (Å²) < 4.78 is 0. The van der Waals surface area contributed by atoms with E-state index in [1.807, 2.05) is 12.1 Å². The van der Waals surface area contributed by atoms with Gasteiger partial charge in [-0.05, 0) is 17.0 Å². The average Bonchev–Trinajstić information content (AvgIpc) is 2.85. The molecule has 2 aromatic rings. The van der Waals surface area contributed by atoms with E-state index in [1.165, 1.54) is 5.56 Å². The van der Waals surface area contributed by atoms with Crippen molar-refractivity contribution < 1.29 is 4.79 Å². The summed E-state index contributed by atoms with van der Waals surface area (Å²) in [6.45, 7) is 4.82. The predicted molar refractivity (Wildman–Crippen MR) is 77.1 cm³/mol. The lowest BCUT2D eigenvalue weighted by Crippen LogP contribution is -2.27. The van der Waals surface area contributed by atoms with Gasteiger partial charge >= 0.3 is 0 Å². The van der Waals surface area contributed by atoms with Gasteiger partial charge in [0.05, 0.1) is 0 Å². The van der Waals surface area contributed by atoms with Gasteiger partial charge in [-0.2, -0.15) is 4.98 Å². The fourth-order valence-corrected chi connectivity index (χ4v) is 1.90. The van der Waals surface area contributed by atoms with Gasteiger partial charge in [-0.25, -0.2) is 0 Å². The van der Waals surface area contributed by atoms with Crippen molar-refractivity contribution >= 4 is 11.9 Å². The molecule has 0 bridgehead atoms. The molecule has 0 unspecified atom stereocenters. The molecular formula is C14H19N5O. The van der Waals surface area contributed by atoms with Crippen molar-refractivity contribution in [3.05, 3.63) is 41.2 Å². The molecule has 0 atom stereocenters. The van der Waals surface area contributed by atoms with E-state index in [-0.39, 0.29) is 17.7 Å². The molecule has 0 saturated heterocycles. The number of amides is 1. The fourth-order valence-electron chi connectivity index (χ4n) is 1.90. The highest BCUT2D eigenvalue weighted by Crippen LogP contribution is 2.15. The molecule has 1 amide bonds. The first-order valence-electron chi connectivity index (χ1n) is 6.49. The van der Waals surface area contributed by atoms with Crippen molar-refractivity contribution in [2.24, 2.45) is 0 Å². The number of carbonyl (C=O) groups is 1. The number of nitrogen functional groups attached to an aromatic ring is 1. The van der Waals surface area contributed by atoms with Crippen LogP contribution in [0.3, 0.4) is 0 Å². The van der Waals surface area contributed by atoms with Crippen molar-refractivity contribution in [3.8, 4) is 0 Å². The molecule has 1 aromatic heterocycles. The monoisotopic (exact) mass is 273 g/mol. The zero-order chi connectivity index (χ0) is 14.7. The van der Waals surface area contributed by atoms with Crippen LogP contribution in [0.5, 0.6) is 0 Å². The zero-order valence-corrected chi connectivity index (χ0v) is 11.9. The molecule has 1 heterocycles. The van der Waals surface area contributed by atoms with Crippen LogP contribution < -0.4 is 5.73 Å². The SMILES string of the molecule is CC(C)c1ccc(CN(C)C(=O)c2nc(N)n[nH]2)cc1. The van der Waals surface area contributed by atoms with E-state index < -0.39 is 0 Å². The number of H-pyrrole nitrogens is 1. The third-order valence-corrected chi connectivity index (χ3v) is 3.12. The summed E-state index contributed by atoms with van der Waals surface area (Å²) in [7, 11) is 1.72. The highest BCUT2D eigenvalue weighted by molar-refractivity contribution is 5.90.